The quantitative estimate of drug-likeness (QED) is 0.666. The van der Waals surface area contributed by atoms with E-state index in [-0.39, 0.29) is 5.41 Å². The maximum atomic E-state index is 5.77. The van der Waals surface area contributed by atoms with Gasteiger partial charge in [0.15, 0.2) is 4.47 Å². The zero-order valence-electron chi connectivity index (χ0n) is 6.61. The van der Waals surface area contributed by atoms with Crippen LogP contribution in [0.2, 0.25) is 4.47 Å². The summed E-state index contributed by atoms with van der Waals surface area (Å²) < 4.78 is 1.83. The second-order valence-corrected chi connectivity index (χ2v) is 6.73. The van der Waals surface area contributed by atoms with Crippen LogP contribution in [-0.2, 0) is 5.41 Å². The molecule has 0 N–H and O–H groups in total. The molecule has 0 amide bonds. The predicted octanol–water partition coefficient (Wildman–Crippen LogP) is 3.70. The van der Waals surface area contributed by atoms with Crippen LogP contribution in [0.25, 0.3) is 0 Å². The van der Waals surface area contributed by atoms with Crippen LogP contribution in [0.1, 0.15) is 26.5 Å². The first kappa shape index (κ1) is 9.74. The highest BCUT2D eigenvalue weighted by molar-refractivity contribution is 14.1. The first-order valence-corrected chi connectivity index (χ1v) is 5.51. The van der Waals surface area contributed by atoms with Crippen molar-refractivity contribution < 1.29 is 0 Å². The highest BCUT2D eigenvalue weighted by atomic mass is 127. The normalized spacial score (nSPS) is 12.1. The van der Waals surface area contributed by atoms with E-state index >= 15 is 0 Å². The Morgan fingerprint density at radius 3 is 2.18 bits per heavy atom. The van der Waals surface area contributed by atoms with E-state index in [0.717, 1.165) is 5.69 Å². The monoisotopic (exact) mass is 301 g/mol. The Hall–Kier alpha value is 0.650. The van der Waals surface area contributed by atoms with Crippen molar-refractivity contribution in [3.63, 3.8) is 0 Å². The molecule has 0 radical (unpaired) electrons. The van der Waals surface area contributed by atoms with Crippen LogP contribution in [0.4, 0.5) is 0 Å². The summed E-state index contributed by atoms with van der Waals surface area (Å²) in [5.41, 5.74) is 1.22. The van der Waals surface area contributed by atoms with Crippen LogP contribution >= 0.6 is 45.5 Å². The molecule has 0 atom stereocenters. The third kappa shape index (κ3) is 2.29. The SMILES string of the molecule is CC(C)(C)c1nc(Cl)sc1I. The van der Waals surface area contributed by atoms with Gasteiger partial charge in [0.05, 0.1) is 8.58 Å². The molecule has 0 saturated carbocycles. The molecule has 0 aromatic carbocycles. The second-order valence-electron chi connectivity index (χ2n) is 3.34. The van der Waals surface area contributed by atoms with Crippen LogP contribution in [0.5, 0.6) is 0 Å². The van der Waals surface area contributed by atoms with Gasteiger partial charge < -0.3 is 0 Å². The molecule has 1 heterocycles. The van der Waals surface area contributed by atoms with Gasteiger partial charge in [0.2, 0.25) is 0 Å². The van der Waals surface area contributed by atoms with E-state index in [9.17, 15) is 0 Å². The maximum Gasteiger partial charge on any atom is 0.184 e. The zero-order chi connectivity index (χ0) is 8.65. The molecule has 4 heteroatoms. The van der Waals surface area contributed by atoms with Crippen molar-refractivity contribution in [1.29, 1.82) is 0 Å². The Balaban J connectivity index is 3.13. The Kier molecular flexibility index (Phi) is 2.82. The number of rotatable bonds is 0. The van der Waals surface area contributed by atoms with Gasteiger partial charge in [0, 0.05) is 5.41 Å². The molecule has 1 aromatic rings. The largest absolute Gasteiger partial charge is 0.228 e. The third-order valence-corrected chi connectivity index (χ3v) is 3.39. The molecule has 0 saturated heterocycles. The van der Waals surface area contributed by atoms with Crippen molar-refractivity contribution in [3.05, 3.63) is 13.0 Å². The van der Waals surface area contributed by atoms with Gasteiger partial charge in [-0.15, -0.1) is 0 Å². The minimum absolute atomic E-state index is 0.111. The smallest absolute Gasteiger partial charge is 0.184 e. The molecule has 1 nitrogen and oxygen atoms in total. The Morgan fingerprint density at radius 2 is 2.00 bits per heavy atom. The van der Waals surface area contributed by atoms with Crippen LogP contribution in [-0.4, -0.2) is 4.98 Å². The fourth-order valence-electron chi connectivity index (χ4n) is 0.739. The standard InChI is InChI=1S/C7H9ClINS/c1-7(2,3)4-5(9)11-6(8)10-4/h1-3H3. The molecule has 0 aliphatic carbocycles. The molecule has 0 bridgehead atoms. The molecule has 62 valence electrons. The van der Waals surface area contributed by atoms with Crippen LogP contribution in [0.3, 0.4) is 0 Å². The maximum absolute atomic E-state index is 5.77. The summed E-state index contributed by atoms with van der Waals surface area (Å²) in [6.45, 7) is 6.42. The molecular formula is C7H9ClINS. The fourth-order valence-corrected chi connectivity index (χ4v) is 3.73. The lowest BCUT2D eigenvalue weighted by atomic mass is 9.93. The fraction of sp³-hybridized carbons (Fsp3) is 0.571. The molecule has 1 aromatic heterocycles. The summed E-state index contributed by atoms with van der Waals surface area (Å²) in [6.07, 6.45) is 0. The van der Waals surface area contributed by atoms with Gasteiger partial charge in [-0.05, 0) is 22.6 Å². The third-order valence-electron chi connectivity index (χ3n) is 1.27. The van der Waals surface area contributed by atoms with Crippen molar-refractivity contribution in [3.8, 4) is 0 Å². The topological polar surface area (TPSA) is 12.9 Å². The molecule has 1 rings (SSSR count). The van der Waals surface area contributed by atoms with Gasteiger partial charge in [0.25, 0.3) is 0 Å². The highest BCUT2D eigenvalue weighted by Crippen LogP contribution is 2.32. The molecule has 0 spiro atoms. The second kappa shape index (κ2) is 3.18. The Bertz CT molecular complexity index is 264. The van der Waals surface area contributed by atoms with E-state index < -0.39 is 0 Å². The Labute approximate surface area is 89.3 Å². The average Bonchev–Trinajstić information content (AvgIpc) is 2.08. The van der Waals surface area contributed by atoms with Crippen molar-refractivity contribution in [2.45, 2.75) is 26.2 Å². The number of hydrogen-bond acceptors (Lipinski definition) is 2. The lowest BCUT2D eigenvalue weighted by molar-refractivity contribution is 0.570. The van der Waals surface area contributed by atoms with Gasteiger partial charge in [-0.25, -0.2) is 4.98 Å². The number of halogens is 2. The van der Waals surface area contributed by atoms with E-state index in [2.05, 4.69) is 48.3 Å². The van der Waals surface area contributed by atoms with E-state index in [4.69, 9.17) is 11.6 Å². The van der Waals surface area contributed by atoms with E-state index in [0.29, 0.717) is 4.47 Å². The van der Waals surface area contributed by atoms with Crippen molar-refractivity contribution in [1.82, 2.24) is 4.98 Å². The lowest BCUT2D eigenvalue weighted by Crippen LogP contribution is -2.12. The van der Waals surface area contributed by atoms with E-state index in [1.165, 1.54) is 14.2 Å². The predicted molar refractivity (Wildman–Crippen MR) is 58.5 cm³/mol. The van der Waals surface area contributed by atoms with Gasteiger partial charge in [0.1, 0.15) is 0 Å². The molecule has 0 unspecified atom stereocenters. The summed E-state index contributed by atoms with van der Waals surface area (Å²) in [5.74, 6) is 0. The van der Waals surface area contributed by atoms with Crippen molar-refractivity contribution in [2.75, 3.05) is 0 Å². The van der Waals surface area contributed by atoms with E-state index in [1.54, 1.807) is 0 Å². The number of hydrogen-bond donors (Lipinski definition) is 0. The minimum atomic E-state index is 0.111. The molecule has 0 aliphatic heterocycles. The summed E-state index contributed by atoms with van der Waals surface area (Å²) in [4.78, 5) is 4.26. The van der Waals surface area contributed by atoms with Crippen LogP contribution in [0, 0.1) is 2.88 Å². The number of thiazole rings is 1. The van der Waals surface area contributed by atoms with Crippen molar-refractivity contribution in [2.24, 2.45) is 0 Å². The Morgan fingerprint density at radius 1 is 1.45 bits per heavy atom. The summed E-state index contributed by atoms with van der Waals surface area (Å²) in [5, 5.41) is 0. The van der Waals surface area contributed by atoms with Gasteiger partial charge in [-0.1, -0.05) is 43.7 Å². The highest BCUT2D eigenvalue weighted by Gasteiger charge is 2.21. The molecule has 0 fully saturated rings. The summed E-state index contributed by atoms with van der Waals surface area (Å²) in [6, 6.07) is 0. The average molecular weight is 302 g/mol. The molecular weight excluding hydrogens is 293 g/mol. The number of aromatic nitrogens is 1. The van der Waals surface area contributed by atoms with Gasteiger partial charge in [-0.3, -0.25) is 0 Å². The molecule has 0 aliphatic rings. The van der Waals surface area contributed by atoms with Crippen LogP contribution < -0.4 is 0 Å². The van der Waals surface area contributed by atoms with Gasteiger partial charge >= 0.3 is 0 Å². The van der Waals surface area contributed by atoms with Crippen LogP contribution in [0.15, 0.2) is 0 Å². The minimum Gasteiger partial charge on any atom is -0.228 e. The lowest BCUT2D eigenvalue weighted by Gasteiger charge is -2.15. The van der Waals surface area contributed by atoms with Crippen molar-refractivity contribution >= 4 is 45.5 Å². The van der Waals surface area contributed by atoms with Gasteiger partial charge in [-0.2, -0.15) is 0 Å². The summed E-state index contributed by atoms with van der Waals surface area (Å²) in [7, 11) is 0. The summed E-state index contributed by atoms with van der Waals surface area (Å²) >= 11 is 9.59. The molecule has 11 heavy (non-hydrogen) atoms. The first-order chi connectivity index (χ1) is 4.91. The van der Waals surface area contributed by atoms with E-state index in [1.807, 2.05) is 0 Å². The zero-order valence-corrected chi connectivity index (χ0v) is 10.3. The first-order valence-electron chi connectivity index (χ1n) is 3.23. The number of nitrogens with zero attached hydrogens (tertiary/aromatic N) is 1.